The highest BCUT2D eigenvalue weighted by Crippen LogP contribution is 2.29. The van der Waals surface area contributed by atoms with E-state index in [0.717, 1.165) is 17.1 Å². The normalized spacial score (nSPS) is 26.2. The largest absolute Gasteiger partial charge is 0.508 e. The Morgan fingerprint density at radius 3 is 2.87 bits per heavy atom. The van der Waals surface area contributed by atoms with E-state index in [-0.39, 0.29) is 17.7 Å². The molecule has 1 amide bonds. The fourth-order valence-corrected chi connectivity index (χ4v) is 4.34. The van der Waals surface area contributed by atoms with Crippen molar-refractivity contribution in [2.24, 2.45) is 5.92 Å². The first-order chi connectivity index (χ1) is 11.2. The molecule has 2 aromatic rings. The molecule has 3 aliphatic heterocycles. The van der Waals surface area contributed by atoms with E-state index < -0.39 is 0 Å². The van der Waals surface area contributed by atoms with E-state index in [1.54, 1.807) is 24.4 Å². The summed E-state index contributed by atoms with van der Waals surface area (Å²) in [6, 6.07) is 7.20. The standard InChI is InChI=1S/C17H19N3O2S/c21-13-3-1-2-12(8-13)17-18-9-15(23-17)16(22)19-14-10-20-6-4-11(14)5-7-20/h1-3,8-9,11,14,21H,4-7,10H2,(H,19,22). The van der Waals surface area contributed by atoms with Crippen molar-refractivity contribution >= 4 is 17.2 Å². The van der Waals surface area contributed by atoms with Gasteiger partial charge in [-0.2, -0.15) is 0 Å². The van der Waals surface area contributed by atoms with Gasteiger partial charge in [-0.05, 0) is 44.0 Å². The predicted octanol–water partition coefficient (Wildman–Crippen LogP) is 2.34. The highest BCUT2D eigenvalue weighted by atomic mass is 32.1. The second kappa shape index (κ2) is 5.94. The topological polar surface area (TPSA) is 65.5 Å². The lowest BCUT2D eigenvalue weighted by atomic mass is 9.84. The number of carbonyl (C=O) groups excluding carboxylic acids is 1. The van der Waals surface area contributed by atoms with Gasteiger partial charge in [0, 0.05) is 18.2 Å². The van der Waals surface area contributed by atoms with E-state index in [1.165, 1.54) is 37.3 Å². The van der Waals surface area contributed by atoms with Crippen LogP contribution in [-0.4, -0.2) is 46.6 Å². The number of carbonyl (C=O) groups is 1. The molecule has 1 atom stereocenters. The monoisotopic (exact) mass is 329 g/mol. The van der Waals surface area contributed by atoms with Gasteiger partial charge in [-0.3, -0.25) is 4.79 Å². The summed E-state index contributed by atoms with van der Waals surface area (Å²) < 4.78 is 0. The molecule has 120 valence electrons. The number of aromatic hydroxyl groups is 1. The zero-order valence-corrected chi connectivity index (χ0v) is 13.6. The van der Waals surface area contributed by atoms with Crippen molar-refractivity contribution in [3.8, 4) is 16.3 Å². The van der Waals surface area contributed by atoms with Crippen LogP contribution >= 0.6 is 11.3 Å². The van der Waals surface area contributed by atoms with Gasteiger partial charge in [-0.25, -0.2) is 4.98 Å². The van der Waals surface area contributed by atoms with E-state index in [1.807, 2.05) is 6.07 Å². The summed E-state index contributed by atoms with van der Waals surface area (Å²) in [6.45, 7) is 3.30. The minimum absolute atomic E-state index is 0.0346. The molecule has 2 N–H and O–H groups in total. The molecule has 3 saturated heterocycles. The molecule has 23 heavy (non-hydrogen) atoms. The number of benzene rings is 1. The Balaban J connectivity index is 1.47. The average molecular weight is 329 g/mol. The maximum absolute atomic E-state index is 12.5. The second-order valence-electron chi connectivity index (χ2n) is 6.30. The Hall–Kier alpha value is -1.92. The Labute approximate surface area is 139 Å². The average Bonchev–Trinajstić information content (AvgIpc) is 3.06. The van der Waals surface area contributed by atoms with Crippen molar-refractivity contribution in [3.63, 3.8) is 0 Å². The molecule has 1 unspecified atom stereocenters. The molecule has 0 spiro atoms. The number of phenolic OH excluding ortho intramolecular Hbond substituents is 1. The van der Waals surface area contributed by atoms with Crippen LogP contribution in [0.5, 0.6) is 5.75 Å². The Morgan fingerprint density at radius 1 is 1.35 bits per heavy atom. The van der Waals surface area contributed by atoms with E-state index >= 15 is 0 Å². The van der Waals surface area contributed by atoms with Crippen molar-refractivity contribution in [1.82, 2.24) is 15.2 Å². The molecule has 4 heterocycles. The molecule has 6 heteroatoms. The number of phenols is 1. The van der Waals surface area contributed by atoms with Crippen molar-refractivity contribution in [2.45, 2.75) is 18.9 Å². The van der Waals surface area contributed by atoms with Gasteiger partial charge in [0.05, 0.1) is 6.20 Å². The number of rotatable bonds is 3. The minimum atomic E-state index is -0.0346. The van der Waals surface area contributed by atoms with Crippen LogP contribution in [0.2, 0.25) is 0 Å². The van der Waals surface area contributed by atoms with Crippen LogP contribution in [0.15, 0.2) is 30.5 Å². The van der Waals surface area contributed by atoms with E-state index in [0.29, 0.717) is 10.8 Å². The molecular formula is C17H19N3O2S. The highest BCUT2D eigenvalue weighted by molar-refractivity contribution is 7.16. The third kappa shape index (κ3) is 2.96. The molecule has 3 fully saturated rings. The summed E-state index contributed by atoms with van der Waals surface area (Å²) in [4.78, 5) is 19.9. The first-order valence-electron chi connectivity index (χ1n) is 7.97. The van der Waals surface area contributed by atoms with E-state index in [4.69, 9.17) is 0 Å². The number of amides is 1. The molecule has 5 rings (SSSR count). The van der Waals surface area contributed by atoms with Gasteiger partial charge in [0.15, 0.2) is 0 Å². The van der Waals surface area contributed by atoms with Crippen LogP contribution in [-0.2, 0) is 0 Å². The molecule has 1 aromatic carbocycles. The number of aromatic nitrogens is 1. The fraction of sp³-hybridized carbons (Fsp3) is 0.412. The first-order valence-corrected chi connectivity index (χ1v) is 8.79. The lowest BCUT2D eigenvalue weighted by molar-refractivity contribution is 0.0622. The van der Waals surface area contributed by atoms with Gasteiger partial charge < -0.3 is 15.3 Å². The van der Waals surface area contributed by atoms with E-state index in [9.17, 15) is 9.90 Å². The molecule has 1 aromatic heterocycles. The molecule has 0 aliphatic carbocycles. The fourth-order valence-electron chi connectivity index (χ4n) is 3.52. The van der Waals surface area contributed by atoms with Gasteiger partial charge >= 0.3 is 0 Å². The maximum Gasteiger partial charge on any atom is 0.263 e. The number of hydrogen-bond donors (Lipinski definition) is 2. The van der Waals surface area contributed by atoms with Crippen molar-refractivity contribution < 1.29 is 9.90 Å². The number of nitrogens with one attached hydrogen (secondary N) is 1. The molecule has 3 aliphatic rings. The van der Waals surface area contributed by atoms with Crippen LogP contribution in [0.3, 0.4) is 0 Å². The zero-order valence-electron chi connectivity index (χ0n) is 12.7. The van der Waals surface area contributed by atoms with Crippen LogP contribution in [0.1, 0.15) is 22.5 Å². The quantitative estimate of drug-likeness (QED) is 0.907. The summed E-state index contributed by atoms with van der Waals surface area (Å²) in [5.74, 6) is 0.783. The maximum atomic E-state index is 12.5. The Bertz CT molecular complexity index is 722. The highest BCUT2D eigenvalue weighted by Gasteiger charge is 2.35. The summed E-state index contributed by atoms with van der Waals surface area (Å²) in [5, 5.41) is 13.5. The van der Waals surface area contributed by atoms with Gasteiger partial charge in [-0.1, -0.05) is 12.1 Å². The van der Waals surface area contributed by atoms with Gasteiger partial charge in [-0.15, -0.1) is 11.3 Å². The van der Waals surface area contributed by atoms with Gasteiger partial charge in [0.1, 0.15) is 15.6 Å². The number of piperidine rings is 3. The third-order valence-corrected chi connectivity index (χ3v) is 5.84. The second-order valence-corrected chi connectivity index (χ2v) is 7.33. The van der Waals surface area contributed by atoms with Crippen molar-refractivity contribution in [1.29, 1.82) is 0 Å². The molecule has 2 bridgehead atoms. The summed E-state index contributed by atoms with van der Waals surface area (Å²) in [6.07, 6.45) is 3.99. The van der Waals surface area contributed by atoms with Gasteiger partial charge in [0.25, 0.3) is 5.91 Å². The van der Waals surface area contributed by atoms with Crippen molar-refractivity contribution in [3.05, 3.63) is 35.3 Å². The molecule has 0 radical (unpaired) electrons. The van der Waals surface area contributed by atoms with Crippen LogP contribution < -0.4 is 5.32 Å². The minimum Gasteiger partial charge on any atom is -0.508 e. The molecule has 0 saturated carbocycles. The summed E-state index contributed by atoms with van der Waals surface area (Å²) in [5.41, 5.74) is 0.830. The number of thiazole rings is 1. The Kier molecular flexibility index (Phi) is 3.79. The predicted molar refractivity (Wildman–Crippen MR) is 89.6 cm³/mol. The number of hydrogen-bond acceptors (Lipinski definition) is 5. The number of nitrogens with zero attached hydrogens (tertiary/aromatic N) is 2. The lowest BCUT2D eigenvalue weighted by Gasteiger charge is -2.44. The van der Waals surface area contributed by atoms with Crippen molar-refractivity contribution in [2.75, 3.05) is 19.6 Å². The molecule has 5 nitrogen and oxygen atoms in total. The van der Waals surface area contributed by atoms with Crippen LogP contribution in [0, 0.1) is 5.92 Å². The smallest absolute Gasteiger partial charge is 0.263 e. The third-order valence-electron chi connectivity index (χ3n) is 4.80. The summed E-state index contributed by atoms with van der Waals surface area (Å²) in [7, 11) is 0. The van der Waals surface area contributed by atoms with Crippen LogP contribution in [0.4, 0.5) is 0 Å². The SMILES string of the molecule is O=C(NC1CN2CCC1CC2)c1cnc(-c2cccc(O)c2)s1. The van der Waals surface area contributed by atoms with Gasteiger partial charge in [0.2, 0.25) is 0 Å². The first kappa shape index (κ1) is 14.7. The lowest BCUT2D eigenvalue weighted by Crippen LogP contribution is -2.57. The van der Waals surface area contributed by atoms with Crippen LogP contribution in [0.25, 0.3) is 10.6 Å². The van der Waals surface area contributed by atoms with E-state index in [2.05, 4.69) is 15.2 Å². The number of fused-ring (bicyclic) bond motifs is 3. The zero-order chi connectivity index (χ0) is 15.8. The Morgan fingerprint density at radius 2 is 2.17 bits per heavy atom. The summed E-state index contributed by atoms with van der Waals surface area (Å²) >= 11 is 1.36. The molecular weight excluding hydrogens is 310 g/mol.